The van der Waals surface area contributed by atoms with Gasteiger partial charge in [-0.2, -0.15) is 7.94 Å². The minimum atomic E-state index is -4.47. The molecular formula is C7H8NO3P-2. The summed E-state index contributed by atoms with van der Waals surface area (Å²) in [5, 5.41) is 0. The van der Waals surface area contributed by atoms with E-state index in [0.717, 1.165) is 0 Å². The van der Waals surface area contributed by atoms with Crippen LogP contribution >= 0.6 is 7.94 Å². The fraction of sp³-hybridized carbons (Fsp3) is 0.286. The van der Waals surface area contributed by atoms with Crippen LogP contribution in [0.3, 0.4) is 0 Å². The van der Waals surface area contributed by atoms with Crippen molar-refractivity contribution in [3.8, 4) is 0 Å². The van der Waals surface area contributed by atoms with E-state index in [4.69, 9.17) is 0 Å². The number of aromatic nitrogens is 1. The smallest absolute Gasteiger partial charge is 0.0842 e. The molecule has 0 fully saturated rings. The van der Waals surface area contributed by atoms with Crippen LogP contribution in [0.15, 0.2) is 18.2 Å². The molecule has 0 aliphatic carbocycles. The molecule has 1 heterocycles. The highest BCUT2D eigenvalue weighted by Crippen LogP contribution is 2.32. The Morgan fingerprint density at radius 2 is 2.00 bits per heavy atom. The van der Waals surface area contributed by atoms with Gasteiger partial charge in [0.05, 0.1) is 11.9 Å². The van der Waals surface area contributed by atoms with Gasteiger partial charge in [0, 0.05) is 5.69 Å². The molecule has 0 saturated carbocycles. The first-order valence-corrected chi connectivity index (χ1v) is 5.14. The predicted octanol–water partition coefficient (Wildman–Crippen LogP) is -1.27. The highest BCUT2D eigenvalue weighted by Gasteiger charge is 2.01. The summed E-state index contributed by atoms with van der Waals surface area (Å²) in [5.74, 6) is 0. The summed E-state index contributed by atoms with van der Waals surface area (Å²) in [6.45, 7) is 1.74. The van der Waals surface area contributed by atoms with Crippen molar-refractivity contribution >= 4 is 7.94 Å². The van der Waals surface area contributed by atoms with Gasteiger partial charge >= 0.3 is 0 Å². The fourth-order valence-corrected chi connectivity index (χ4v) is 1.46. The van der Waals surface area contributed by atoms with Crippen molar-refractivity contribution in [3.63, 3.8) is 0 Å². The van der Waals surface area contributed by atoms with Crippen LogP contribution in [-0.2, 0) is 6.16 Å². The van der Waals surface area contributed by atoms with Crippen LogP contribution in [0, 0.1) is 6.92 Å². The fourth-order valence-electron chi connectivity index (χ4n) is 0.886. The number of hydrogen-bond donors (Lipinski definition) is 0. The van der Waals surface area contributed by atoms with E-state index in [1.807, 2.05) is 0 Å². The van der Waals surface area contributed by atoms with Gasteiger partial charge < -0.3 is 14.7 Å². The van der Waals surface area contributed by atoms with Gasteiger partial charge in [-0.15, -0.1) is 0 Å². The molecule has 0 spiro atoms. The molecule has 1 rings (SSSR count). The first-order valence-electron chi connectivity index (χ1n) is 3.41. The van der Waals surface area contributed by atoms with E-state index < -0.39 is 14.1 Å². The van der Waals surface area contributed by atoms with Crippen molar-refractivity contribution in [2.45, 2.75) is 13.1 Å². The summed E-state index contributed by atoms with van der Waals surface area (Å²) >= 11 is 0. The second-order valence-electron chi connectivity index (χ2n) is 2.54. The number of aryl methyl sites for hydroxylation is 1. The van der Waals surface area contributed by atoms with Crippen molar-refractivity contribution in [1.82, 2.24) is 4.98 Å². The maximum Gasteiger partial charge on any atom is 0.0842 e. The van der Waals surface area contributed by atoms with E-state index in [2.05, 4.69) is 4.98 Å². The molecule has 4 nitrogen and oxygen atoms in total. The molecule has 0 aliphatic rings. The van der Waals surface area contributed by atoms with E-state index in [-0.39, 0.29) is 0 Å². The van der Waals surface area contributed by atoms with Crippen LogP contribution in [-0.4, -0.2) is 4.98 Å². The van der Waals surface area contributed by atoms with E-state index >= 15 is 0 Å². The molecule has 12 heavy (non-hydrogen) atoms. The quantitative estimate of drug-likeness (QED) is 0.538. The van der Waals surface area contributed by atoms with Crippen molar-refractivity contribution in [3.05, 3.63) is 29.6 Å². The summed E-state index contributed by atoms with van der Waals surface area (Å²) in [6, 6.07) is 4.94. The van der Waals surface area contributed by atoms with Crippen molar-refractivity contribution in [1.29, 1.82) is 0 Å². The second kappa shape index (κ2) is 3.46. The Labute approximate surface area is 71.1 Å². The van der Waals surface area contributed by atoms with Gasteiger partial charge in [0.1, 0.15) is 0 Å². The first kappa shape index (κ1) is 9.55. The number of hydrogen-bond acceptors (Lipinski definition) is 4. The van der Waals surface area contributed by atoms with Gasteiger partial charge in [-0.25, -0.2) is 0 Å². The number of pyridine rings is 1. The third-order valence-electron chi connectivity index (χ3n) is 1.30. The minimum absolute atomic E-state index is 0.309. The Kier molecular flexibility index (Phi) is 2.75. The standard InChI is InChI=1S/C7H10NO3P/c1-6-3-2-4-7(8-6)5-12(9,10)11/h2-4H,5H2,1H3,(H2,9,10,11)/p-2. The summed E-state index contributed by atoms with van der Waals surface area (Å²) in [7, 11) is -4.47. The Hall–Kier alpha value is -0.540. The Balaban J connectivity index is 2.77. The molecule has 0 atom stereocenters. The molecule has 5 heteroatoms. The lowest BCUT2D eigenvalue weighted by Gasteiger charge is -2.41. The van der Waals surface area contributed by atoms with Crippen LogP contribution in [0.2, 0.25) is 0 Å². The number of nitrogens with zero attached hydrogens (tertiary/aromatic N) is 1. The monoisotopic (exact) mass is 185 g/mol. The van der Waals surface area contributed by atoms with E-state index in [0.29, 0.717) is 11.4 Å². The lowest BCUT2D eigenvalue weighted by molar-refractivity contribution is -0.428. The maximum absolute atomic E-state index is 10.3. The van der Waals surface area contributed by atoms with Crippen LogP contribution < -0.4 is 14.7 Å². The van der Waals surface area contributed by atoms with Gasteiger partial charge in [-0.1, -0.05) is 6.07 Å². The zero-order valence-electron chi connectivity index (χ0n) is 6.56. The molecule has 0 unspecified atom stereocenters. The zero-order chi connectivity index (χ0) is 9.19. The zero-order valence-corrected chi connectivity index (χ0v) is 7.45. The van der Waals surface area contributed by atoms with Gasteiger partial charge in [0.15, 0.2) is 0 Å². The SMILES string of the molecule is Cc1cccc(C[P+]([O-])([O-])[O-])n1. The summed E-state index contributed by atoms with van der Waals surface area (Å²) in [6.07, 6.45) is -0.505. The average Bonchev–Trinajstić information content (AvgIpc) is 1.82. The predicted molar refractivity (Wildman–Crippen MR) is 39.6 cm³/mol. The molecule has 0 saturated heterocycles. The van der Waals surface area contributed by atoms with Gasteiger partial charge in [0.25, 0.3) is 0 Å². The third kappa shape index (κ3) is 3.24. The first-order chi connectivity index (χ1) is 5.47. The Bertz CT molecular complexity index is 272. The molecule has 0 N–H and O–H groups in total. The highest BCUT2D eigenvalue weighted by atomic mass is 31.2. The Morgan fingerprint density at radius 1 is 1.33 bits per heavy atom. The molecular weight excluding hydrogens is 177 g/mol. The van der Waals surface area contributed by atoms with E-state index in [1.54, 1.807) is 19.1 Å². The van der Waals surface area contributed by atoms with Crippen LogP contribution in [0.1, 0.15) is 11.4 Å². The lowest BCUT2D eigenvalue weighted by Crippen LogP contribution is -2.33. The molecule has 0 aromatic carbocycles. The normalized spacial score (nSPS) is 11.7. The minimum Gasteiger partial charge on any atom is -0.687 e. The second-order valence-corrected chi connectivity index (χ2v) is 4.08. The molecule has 0 aliphatic heterocycles. The molecule has 0 bridgehead atoms. The van der Waals surface area contributed by atoms with Crippen LogP contribution in [0.25, 0.3) is 0 Å². The topological polar surface area (TPSA) is 82.1 Å². The third-order valence-corrected chi connectivity index (χ3v) is 2.01. The van der Waals surface area contributed by atoms with Crippen LogP contribution in [0.5, 0.6) is 0 Å². The van der Waals surface area contributed by atoms with Crippen molar-refractivity contribution in [2.75, 3.05) is 0 Å². The van der Waals surface area contributed by atoms with E-state index in [1.165, 1.54) is 6.07 Å². The van der Waals surface area contributed by atoms with Gasteiger partial charge in [0.2, 0.25) is 0 Å². The maximum atomic E-state index is 10.3. The van der Waals surface area contributed by atoms with Gasteiger partial charge in [-0.05, 0) is 19.1 Å². The average molecular weight is 185 g/mol. The molecule has 0 amide bonds. The lowest BCUT2D eigenvalue weighted by atomic mass is 10.3. The molecule has 66 valence electrons. The molecule has 1 aromatic heterocycles. The number of rotatable bonds is 2. The van der Waals surface area contributed by atoms with Crippen molar-refractivity contribution in [2.24, 2.45) is 0 Å². The summed E-state index contributed by atoms with van der Waals surface area (Å²) in [5.41, 5.74) is 1.02. The van der Waals surface area contributed by atoms with Crippen LogP contribution in [0.4, 0.5) is 0 Å². The summed E-state index contributed by atoms with van der Waals surface area (Å²) < 4.78 is 0. The largest absolute Gasteiger partial charge is 0.687 e. The highest BCUT2D eigenvalue weighted by molar-refractivity contribution is 7.53. The molecule has 1 aromatic rings. The van der Waals surface area contributed by atoms with E-state index in [9.17, 15) is 14.7 Å². The van der Waals surface area contributed by atoms with Gasteiger partial charge in [-0.3, -0.25) is 4.98 Å². The summed E-state index contributed by atoms with van der Waals surface area (Å²) in [4.78, 5) is 34.9. The molecule has 0 radical (unpaired) electrons. The Morgan fingerprint density at radius 3 is 2.50 bits per heavy atom. The van der Waals surface area contributed by atoms with Crippen molar-refractivity contribution < 1.29 is 14.7 Å².